The smallest absolute Gasteiger partial charge is 0.308 e. The number of rotatable bonds is 4. The number of hydrogen-bond donors (Lipinski definition) is 3. The lowest BCUT2D eigenvalue weighted by Crippen LogP contribution is -2.45. The zero-order valence-electron chi connectivity index (χ0n) is 9.82. The third kappa shape index (κ3) is 3.48. The van der Waals surface area contributed by atoms with Crippen LogP contribution in [0.1, 0.15) is 26.7 Å². The van der Waals surface area contributed by atoms with Crippen LogP contribution in [-0.4, -0.2) is 36.1 Å². The highest BCUT2D eigenvalue weighted by Crippen LogP contribution is 2.13. The maximum absolute atomic E-state index is 11.8. The molecule has 0 bridgehead atoms. The van der Waals surface area contributed by atoms with E-state index in [4.69, 9.17) is 5.11 Å². The Labute approximate surface area is 95.6 Å². The van der Waals surface area contributed by atoms with Gasteiger partial charge in [-0.25, -0.2) is 0 Å². The molecule has 1 fully saturated rings. The van der Waals surface area contributed by atoms with Gasteiger partial charge in [-0.15, -0.1) is 0 Å². The summed E-state index contributed by atoms with van der Waals surface area (Å²) < 4.78 is 0. The quantitative estimate of drug-likeness (QED) is 0.643. The van der Waals surface area contributed by atoms with Crippen molar-refractivity contribution in [3.8, 4) is 0 Å². The largest absolute Gasteiger partial charge is 0.481 e. The summed E-state index contributed by atoms with van der Waals surface area (Å²) in [6.45, 7) is 5.06. The van der Waals surface area contributed by atoms with Crippen LogP contribution in [0.15, 0.2) is 0 Å². The molecule has 0 aromatic rings. The van der Waals surface area contributed by atoms with Crippen LogP contribution < -0.4 is 10.6 Å². The van der Waals surface area contributed by atoms with Crippen LogP contribution in [0.2, 0.25) is 0 Å². The standard InChI is InChI=1S/C11H20N2O3/c1-7(11(15)16)8(2)13-10(14)9-3-5-12-6-4-9/h7-9,12H,3-6H2,1-2H3,(H,13,14)(H,15,16). The van der Waals surface area contributed by atoms with Crippen molar-refractivity contribution in [1.82, 2.24) is 10.6 Å². The lowest BCUT2D eigenvalue weighted by Gasteiger charge is -2.25. The monoisotopic (exact) mass is 228 g/mol. The third-order valence-electron chi connectivity index (χ3n) is 3.22. The minimum absolute atomic E-state index is 0.0119. The second kappa shape index (κ2) is 5.84. The first-order valence-electron chi connectivity index (χ1n) is 5.76. The van der Waals surface area contributed by atoms with E-state index in [1.165, 1.54) is 0 Å². The van der Waals surface area contributed by atoms with E-state index in [1.807, 2.05) is 0 Å². The van der Waals surface area contributed by atoms with Gasteiger partial charge in [-0.3, -0.25) is 9.59 Å². The molecule has 1 saturated heterocycles. The normalized spacial score (nSPS) is 21.1. The van der Waals surface area contributed by atoms with Crippen LogP contribution in [0, 0.1) is 11.8 Å². The van der Waals surface area contributed by atoms with Gasteiger partial charge >= 0.3 is 5.97 Å². The number of piperidine rings is 1. The Bertz CT molecular complexity index is 262. The number of nitrogens with one attached hydrogen (secondary N) is 2. The summed E-state index contributed by atoms with van der Waals surface area (Å²) in [6, 6.07) is -0.320. The molecule has 5 heteroatoms. The van der Waals surface area contributed by atoms with Gasteiger partial charge in [0, 0.05) is 12.0 Å². The Morgan fingerprint density at radius 3 is 2.38 bits per heavy atom. The summed E-state index contributed by atoms with van der Waals surface area (Å²) in [4.78, 5) is 22.5. The minimum atomic E-state index is -0.877. The number of carbonyl (C=O) groups excluding carboxylic acids is 1. The fraction of sp³-hybridized carbons (Fsp3) is 0.818. The van der Waals surface area contributed by atoms with Crippen LogP contribution in [-0.2, 0) is 9.59 Å². The van der Waals surface area contributed by atoms with E-state index < -0.39 is 11.9 Å². The summed E-state index contributed by atoms with van der Waals surface area (Å²) in [5, 5.41) is 14.8. The molecule has 0 saturated carbocycles. The number of carboxylic acids is 1. The summed E-state index contributed by atoms with van der Waals surface area (Å²) in [7, 11) is 0. The zero-order chi connectivity index (χ0) is 12.1. The van der Waals surface area contributed by atoms with Crippen molar-refractivity contribution < 1.29 is 14.7 Å². The zero-order valence-corrected chi connectivity index (χ0v) is 9.82. The van der Waals surface area contributed by atoms with Gasteiger partial charge in [0.1, 0.15) is 0 Å². The summed E-state index contributed by atoms with van der Waals surface area (Å²) in [6.07, 6.45) is 1.67. The van der Waals surface area contributed by atoms with Crippen molar-refractivity contribution in [2.75, 3.05) is 13.1 Å². The van der Waals surface area contributed by atoms with Crippen molar-refractivity contribution in [3.05, 3.63) is 0 Å². The van der Waals surface area contributed by atoms with Gasteiger partial charge in [0.05, 0.1) is 5.92 Å². The molecule has 3 N–H and O–H groups in total. The Morgan fingerprint density at radius 2 is 1.88 bits per heavy atom. The fourth-order valence-electron chi connectivity index (χ4n) is 1.77. The summed E-state index contributed by atoms with van der Waals surface area (Å²) in [5.74, 6) is -1.41. The van der Waals surface area contributed by atoms with Crippen molar-refractivity contribution in [2.45, 2.75) is 32.7 Å². The summed E-state index contributed by atoms with van der Waals surface area (Å²) >= 11 is 0. The molecule has 2 unspecified atom stereocenters. The molecule has 0 spiro atoms. The molecule has 0 aliphatic carbocycles. The molecule has 1 rings (SSSR count). The van der Waals surface area contributed by atoms with E-state index in [2.05, 4.69) is 10.6 Å². The van der Waals surface area contributed by atoms with E-state index in [-0.39, 0.29) is 17.9 Å². The average molecular weight is 228 g/mol. The van der Waals surface area contributed by atoms with Gasteiger partial charge < -0.3 is 15.7 Å². The number of amides is 1. The maximum Gasteiger partial charge on any atom is 0.308 e. The molecule has 16 heavy (non-hydrogen) atoms. The van der Waals surface area contributed by atoms with Crippen LogP contribution in [0.3, 0.4) is 0 Å². The molecule has 0 radical (unpaired) electrons. The van der Waals surface area contributed by atoms with Crippen LogP contribution >= 0.6 is 0 Å². The van der Waals surface area contributed by atoms with Gasteiger partial charge in [-0.1, -0.05) is 0 Å². The SMILES string of the molecule is CC(NC(=O)C1CCNCC1)C(C)C(=O)O. The van der Waals surface area contributed by atoms with Gasteiger partial charge in [-0.05, 0) is 39.8 Å². The van der Waals surface area contributed by atoms with Crippen molar-refractivity contribution >= 4 is 11.9 Å². The van der Waals surface area contributed by atoms with Crippen molar-refractivity contribution in [2.24, 2.45) is 11.8 Å². The van der Waals surface area contributed by atoms with E-state index in [0.717, 1.165) is 25.9 Å². The van der Waals surface area contributed by atoms with E-state index in [1.54, 1.807) is 13.8 Å². The first kappa shape index (κ1) is 13.0. The Balaban J connectivity index is 2.40. The lowest BCUT2D eigenvalue weighted by atomic mass is 9.96. The number of carboxylic acid groups (broad SMARTS) is 1. The van der Waals surface area contributed by atoms with Crippen LogP contribution in [0.5, 0.6) is 0 Å². The predicted octanol–water partition coefficient (Wildman–Crippen LogP) is 0.211. The molecular weight excluding hydrogens is 208 g/mol. The first-order chi connectivity index (χ1) is 7.52. The molecule has 1 amide bonds. The van der Waals surface area contributed by atoms with Gasteiger partial charge in [0.25, 0.3) is 0 Å². The van der Waals surface area contributed by atoms with Gasteiger partial charge in [0.15, 0.2) is 0 Å². The first-order valence-corrected chi connectivity index (χ1v) is 5.76. The molecule has 1 aliphatic rings. The number of hydrogen-bond acceptors (Lipinski definition) is 3. The van der Waals surface area contributed by atoms with E-state index in [0.29, 0.717) is 0 Å². The maximum atomic E-state index is 11.8. The second-order valence-electron chi connectivity index (χ2n) is 4.45. The highest BCUT2D eigenvalue weighted by atomic mass is 16.4. The number of carbonyl (C=O) groups is 2. The fourth-order valence-corrected chi connectivity index (χ4v) is 1.77. The Hall–Kier alpha value is -1.10. The second-order valence-corrected chi connectivity index (χ2v) is 4.45. The molecule has 5 nitrogen and oxygen atoms in total. The van der Waals surface area contributed by atoms with Crippen molar-refractivity contribution in [3.63, 3.8) is 0 Å². The molecule has 0 aromatic carbocycles. The van der Waals surface area contributed by atoms with Gasteiger partial charge in [0.2, 0.25) is 5.91 Å². The van der Waals surface area contributed by atoms with E-state index >= 15 is 0 Å². The highest BCUT2D eigenvalue weighted by molar-refractivity contribution is 5.80. The molecular formula is C11H20N2O3. The van der Waals surface area contributed by atoms with Crippen molar-refractivity contribution in [1.29, 1.82) is 0 Å². The van der Waals surface area contributed by atoms with E-state index in [9.17, 15) is 9.59 Å². The van der Waals surface area contributed by atoms with Gasteiger partial charge in [-0.2, -0.15) is 0 Å². The molecule has 92 valence electrons. The average Bonchev–Trinajstić information content (AvgIpc) is 2.28. The Morgan fingerprint density at radius 1 is 1.31 bits per heavy atom. The molecule has 1 aliphatic heterocycles. The lowest BCUT2D eigenvalue weighted by molar-refractivity contribution is -0.142. The predicted molar refractivity (Wildman–Crippen MR) is 60.0 cm³/mol. The molecule has 2 atom stereocenters. The number of aliphatic carboxylic acids is 1. The summed E-state index contributed by atoms with van der Waals surface area (Å²) in [5.41, 5.74) is 0. The minimum Gasteiger partial charge on any atom is -0.481 e. The molecule has 0 aromatic heterocycles. The van der Waals surface area contributed by atoms with Crippen LogP contribution in [0.25, 0.3) is 0 Å². The molecule has 1 heterocycles. The highest BCUT2D eigenvalue weighted by Gasteiger charge is 2.25. The van der Waals surface area contributed by atoms with Crippen LogP contribution in [0.4, 0.5) is 0 Å². The Kier molecular flexibility index (Phi) is 4.73. The third-order valence-corrected chi connectivity index (χ3v) is 3.22. The topological polar surface area (TPSA) is 78.4 Å².